The van der Waals surface area contributed by atoms with Crippen molar-refractivity contribution in [2.75, 3.05) is 40.8 Å². The smallest absolute Gasteiger partial charge is 0.227 e. The molecule has 0 unspecified atom stereocenters. The van der Waals surface area contributed by atoms with Crippen molar-refractivity contribution in [1.29, 1.82) is 0 Å². The Morgan fingerprint density at radius 2 is 1.57 bits per heavy atom. The van der Waals surface area contributed by atoms with Gasteiger partial charge in [0.2, 0.25) is 5.91 Å². The van der Waals surface area contributed by atoms with Crippen LogP contribution < -0.4 is 5.32 Å². The number of hydrogen-bond acceptors (Lipinski definition) is 3. The van der Waals surface area contributed by atoms with Gasteiger partial charge >= 0.3 is 0 Å². The highest BCUT2D eigenvalue weighted by Gasteiger charge is 2.49. The summed E-state index contributed by atoms with van der Waals surface area (Å²) in [6.45, 7) is 4.36. The van der Waals surface area contributed by atoms with Gasteiger partial charge in [0.15, 0.2) is 0 Å². The van der Waals surface area contributed by atoms with Gasteiger partial charge in [-0.15, -0.1) is 24.8 Å². The van der Waals surface area contributed by atoms with E-state index in [9.17, 15) is 4.79 Å². The molecule has 30 heavy (non-hydrogen) atoms. The molecule has 2 aromatic rings. The summed E-state index contributed by atoms with van der Waals surface area (Å²) in [5.41, 5.74) is 2.45. The van der Waals surface area contributed by atoms with Crippen LogP contribution in [-0.2, 0) is 10.3 Å². The van der Waals surface area contributed by atoms with Crippen molar-refractivity contribution in [3.05, 3.63) is 71.8 Å². The van der Waals surface area contributed by atoms with E-state index in [0.29, 0.717) is 6.54 Å². The molecule has 0 spiro atoms. The second kappa shape index (κ2) is 11.7. The van der Waals surface area contributed by atoms with Gasteiger partial charge in [0.1, 0.15) is 0 Å². The van der Waals surface area contributed by atoms with E-state index in [2.05, 4.69) is 79.8 Å². The predicted molar refractivity (Wildman–Crippen MR) is 130 cm³/mol. The van der Waals surface area contributed by atoms with E-state index in [1.807, 2.05) is 24.1 Å². The quantitative estimate of drug-likeness (QED) is 0.654. The number of halogens is 2. The second-order valence-electron chi connectivity index (χ2n) is 8.08. The van der Waals surface area contributed by atoms with E-state index >= 15 is 0 Å². The lowest BCUT2D eigenvalue weighted by Crippen LogP contribution is -2.68. The fourth-order valence-corrected chi connectivity index (χ4v) is 4.52. The number of carbonyl (C=O) groups is 1. The van der Waals surface area contributed by atoms with Crippen LogP contribution in [0.25, 0.3) is 0 Å². The van der Waals surface area contributed by atoms with Crippen LogP contribution in [-0.4, -0.2) is 56.5 Å². The largest absolute Gasteiger partial charge is 0.338 e. The van der Waals surface area contributed by atoms with Crippen LogP contribution in [0, 0.1) is 5.92 Å². The maximum atomic E-state index is 13.5. The molecule has 3 rings (SSSR count). The molecule has 1 aliphatic rings. The third-order valence-corrected chi connectivity index (χ3v) is 6.28. The summed E-state index contributed by atoms with van der Waals surface area (Å²) in [5.74, 6) is 0.444. The fourth-order valence-electron chi connectivity index (χ4n) is 4.52. The van der Waals surface area contributed by atoms with E-state index < -0.39 is 0 Å². The third-order valence-electron chi connectivity index (χ3n) is 6.28. The Bertz CT molecular complexity index is 765. The topological polar surface area (TPSA) is 35.6 Å². The molecule has 0 saturated carbocycles. The zero-order valence-electron chi connectivity index (χ0n) is 18.4. The Morgan fingerprint density at radius 1 is 1.03 bits per heavy atom. The molecule has 0 radical (unpaired) electrons. The first-order valence-electron chi connectivity index (χ1n) is 10.2. The molecular formula is C24H35Cl2N3O. The summed E-state index contributed by atoms with van der Waals surface area (Å²) < 4.78 is 0. The zero-order chi connectivity index (χ0) is 20.1. The summed E-state index contributed by atoms with van der Waals surface area (Å²) in [4.78, 5) is 17.8. The van der Waals surface area contributed by atoms with Crippen LogP contribution in [0.2, 0.25) is 0 Å². The van der Waals surface area contributed by atoms with Crippen molar-refractivity contribution in [3.63, 3.8) is 0 Å². The number of nitrogens with zero attached hydrogens (tertiary/aromatic N) is 2. The Balaban J connectivity index is 0.00000225. The molecule has 1 amide bonds. The number of hydrogen-bond donors (Lipinski definition) is 1. The van der Waals surface area contributed by atoms with E-state index in [-0.39, 0.29) is 48.1 Å². The van der Waals surface area contributed by atoms with Crippen molar-refractivity contribution < 1.29 is 4.79 Å². The number of carbonyl (C=O) groups excluding carboxylic acids is 1. The molecule has 2 atom stereocenters. The first-order valence-corrected chi connectivity index (χ1v) is 10.2. The molecule has 0 aliphatic carbocycles. The van der Waals surface area contributed by atoms with Gasteiger partial charge in [-0.05, 0) is 44.6 Å². The summed E-state index contributed by atoms with van der Waals surface area (Å²) >= 11 is 0. The number of rotatable bonds is 8. The van der Waals surface area contributed by atoms with Gasteiger partial charge in [0.05, 0.1) is 11.5 Å². The lowest BCUT2D eigenvalue weighted by Gasteiger charge is -2.55. The molecule has 0 bridgehead atoms. The van der Waals surface area contributed by atoms with Crippen LogP contribution in [0.4, 0.5) is 0 Å². The number of nitrogens with one attached hydrogen (secondary N) is 1. The lowest BCUT2D eigenvalue weighted by atomic mass is 9.78. The summed E-state index contributed by atoms with van der Waals surface area (Å²) in [6, 6.07) is 21.0. The molecular weight excluding hydrogens is 417 g/mol. The monoisotopic (exact) mass is 451 g/mol. The van der Waals surface area contributed by atoms with Crippen LogP contribution in [0.15, 0.2) is 60.7 Å². The average molecular weight is 452 g/mol. The van der Waals surface area contributed by atoms with E-state index in [1.54, 1.807) is 0 Å². The number of likely N-dealkylation sites (N-methyl/N-ethyl adjacent to an activating group) is 1. The van der Waals surface area contributed by atoms with Crippen LogP contribution >= 0.6 is 24.8 Å². The first kappa shape index (κ1) is 26.4. The minimum absolute atomic E-state index is 0. The van der Waals surface area contributed by atoms with Gasteiger partial charge in [-0.2, -0.15) is 0 Å². The highest BCUT2D eigenvalue weighted by atomic mass is 35.5. The van der Waals surface area contributed by atoms with E-state index in [4.69, 9.17) is 0 Å². The predicted octanol–water partition coefficient (Wildman–Crippen LogP) is 4.16. The molecule has 1 fully saturated rings. The molecule has 166 valence electrons. The molecule has 1 heterocycles. The summed E-state index contributed by atoms with van der Waals surface area (Å²) in [7, 11) is 6.15. The van der Waals surface area contributed by atoms with E-state index in [0.717, 1.165) is 19.5 Å². The average Bonchev–Trinajstić information content (AvgIpc) is 2.68. The molecule has 6 heteroatoms. The summed E-state index contributed by atoms with van der Waals surface area (Å²) in [6.07, 6.45) is 0.952. The Kier molecular flexibility index (Phi) is 10.3. The minimum Gasteiger partial charge on any atom is -0.338 e. The highest BCUT2D eigenvalue weighted by Crippen LogP contribution is 2.39. The van der Waals surface area contributed by atoms with Crippen molar-refractivity contribution in [1.82, 2.24) is 15.1 Å². The number of likely N-dealkylation sites (tertiary alicyclic amines) is 1. The van der Waals surface area contributed by atoms with Crippen molar-refractivity contribution in [2.45, 2.75) is 24.8 Å². The second-order valence-corrected chi connectivity index (χ2v) is 8.08. The van der Waals surface area contributed by atoms with Crippen LogP contribution in [0.3, 0.4) is 0 Å². The Labute approximate surface area is 193 Å². The minimum atomic E-state index is -0.0877. The van der Waals surface area contributed by atoms with Crippen molar-refractivity contribution in [2.24, 2.45) is 5.92 Å². The van der Waals surface area contributed by atoms with Crippen LogP contribution in [0.1, 0.15) is 30.4 Å². The fraction of sp³-hybridized carbons (Fsp3) is 0.458. The molecule has 2 aromatic carbocycles. The zero-order valence-corrected chi connectivity index (χ0v) is 20.0. The van der Waals surface area contributed by atoms with Gasteiger partial charge in [-0.1, -0.05) is 67.6 Å². The highest BCUT2D eigenvalue weighted by molar-refractivity contribution is 5.85. The van der Waals surface area contributed by atoms with Crippen molar-refractivity contribution >= 4 is 30.7 Å². The van der Waals surface area contributed by atoms with Crippen molar-refractivity contribution in [3.8, 4) is 0 Å². The molecule has 4 nitrogen and oxygen atoms in total. The van der Waals surface area contributed by atoms with Gasteiger partial charge in [0.25, 0.3) is 0 Å². The SMILES string of the molecule is CC[C@@H](c1ccccc1)[C@@H](CNC)C(=O)N1CC(c2ccccc2)(N(C)C)C1.Cl.Cl. The normalized spacial score (nSPS) is 16.6. The molecule has 1 aliphatic heterocycles. The number of benzene rings is 2. The summed E-state index contributed by atoms with van der Waals surface area (Å²) in [5, 5.41) is 3.25. The lowest BCUT2D eigenvalue weighted by molar-refractivity contribution is -0.150. The maximum absolute atomic E-state index is 13.5. The number of amides is 1. The first-order chi connectivity index (χ1) is 13.5. The maximum Gasteiger partial charge on any atom is 0.227 e. The molecule has 0 aromatic heterocycles. The third kappa shape index (κ3) is 5.17. The molecule has 1 saturated heterocycles. The Morgan fingerprint density at radius 3 is 2.03 bits per heavy atom. The molecule has 1 N–H and O–H groups in total. The van der Waals surface area contributed by atoms with Crippen LogP contribution in [0.5, 0.6) is 0 Å². The standard InChI is InChI=1S/C24H33N3O.2ClH/c1-5-21(19-12-8-6-9-13-19)22(16-25-2)23(28)27-17-24(18-27,26(3)4)20-14-10-7-11-15-20;;/h6-15,21-22,25H,5,16-18H2,1-4H3;2*1H/t21-,22+;;/m0../s1. The van der Waals surface area contributed by atoms with Gasteiger partial charge in [-0.25, -0.2) is 0 Å². The van der Waals surface area contributed by atoms with Gasteiger partial charge < -0.3 is 10.2 Å². The Hall–Kier alpha value is -1.59. The van der Waals surface area contributed by atoms with Gasteiger partial charge in [0, 0.05) is 19.6 Å². The van der Waals surface area contributed by atoms with Gasteiger partial charge in [-0.3, -0.25) is 9.69 Å². The van der Waals surface area contributed by atoms with E-state index in [1.165, 1.54) is 11.1 Å².